The van der Waals surface area contributed by atoms with E-state index >= 15 is 0 Å². The fraction of sp³-hybridized carbons (Fsp3) is 0.909. The van der Waals surface area contributed by atoms with Crippen molar-refractivity contribution in [2.75, 3.05) is 39.6 Å². The van der Waals surface area contributed by atoms with Gasteiger partial charge in [-0.15, -0.1) is 0 Å². The summed E-state index contributed by atoms with van der Waals surface area (Å²) in [6, 6.07) is 0. The van der Waals surface area contributed by atoms with Crippen LogP contribution >= 0.6 is 0 Å². The van der Waals surface area contributed by atoms with Crippen molar-refractivity contribution in [3.8, 4) is 0 Å². The molecule has 0 saturated carbocycles. The summed E-state index contributed by atoms with van der Waals surface area (Å²) < 4.78 is 10.2. The zero-order chi connectivity index (χ0) is 12.4. The number of aliphatic hydroxyl groups excluding tert-OH is 1. The molecular formula is C11H23NO4. The standard InChI is InChI=1S/C11H23NO4/c1-11(2,3)10(14)12-4-6-15-8-9-16-7-5-13/h13H,4-9H2,1-3H3,(H,12,14). The normalized spacial score (nSPS) is 11.5. The van der Waals surface area contributed by atoms with Crippen LogP contribution in [0.3, 0.4) is 0 Å². The largest absolute Gasteiger partial charge is 0.394 e. The molecule has 0 fully saturated rings. The van der Waals surface area contributed by atoms with Gasteiger partial charge in [0.2, 0.25) is 5.91 Å². The molecule has 0 radical (unpaired) electrons. The Hall–Kier alpha value is -0.650. The third-order valence-corrected chi connectivity index (χ3v) is 1.82. The van der Waals surface area contributed by atoms with Gasteiger partial charge in [-0.1, -0.05) is 20.8 Å². The highest BCUT2D eigenvalue weighted by atomic mass is 16.5. The fourth-order valence-electron chi connectivity index (χ4n) is 0.888. The Kier molecular flexibility index (Phi) is 8.15. The lowest BCUT2D eigenvalue weighted by atomic mass is 9.96. The molecule has 0 aliphatic carbocycles. The molecule has 16 heavy (non-hydrogen) atoms. The summed E-state index contributed by atoms with van der Waals surface area (Å²) in [5, 5.41) is 11.2. The van der Waals surface area contributed by atoms with Crippen LogP contribution in [0.1, 0.15) is 20.8 Å². The molecule has 1 amide bonds. The van der Waals surface area contributed by atoms with Crippen LogP contribution in [0.15, 0.2) is 0 Å². The van der Waals surface area contributed by atoms with Crippen LogP contribution in [-0.2, 0) is 14.3 Å². The molecule has 5 nitrogen and oxygen atoms in total. The summed E-state index contributed by atoms with van der Waals surface area (Å²) in [6.07, 6.45) is 0. The van der Waals surface area contributed by atoms with Crippen LogP contribution < -0.4 is 5.32 Å². The van der Waals surface area contributed by atoms with Gasteiger partial charge in [0.15, 0.2) is 0 Å². The van der Waals surface area contributed by atoms with Gasteiger partial charge in [0.1, 0.15) is 0 Å². The summed E-state index contributed by atoms with van der Waals surface area (Å²) in [5.74, 6) is 0.0210. The number of rotatable bonds is 8. The average molecular weight is 233 g/mol. The van der Waals surface area contributed by atoms with Crippen LogP contribution in [0.5, 0.6) is 0 Å². The summed E-state index contributed by atoms with van der Waals surface area (Å²) >= 11 is 0. The minimum absolute atomic E-state index is 0.0210. The van der Waals surface area contributed by atoms with Gasteiger partial charge in [-0.25, -0.2) is 0 Å². The maximum absolute atomic E-state index is 11.4. The van der Waals surface area contributed by atoms with E-state index in [1.165, 1.54) is 0 Å². The topological polar surface area (TPSA) is 67.8 Å². The van der Waals surface area contributed by atoms with Crippen molar-refractivity contribution >= 4 is 5.91 Å². The highest BCUT2D eigenvalue weighted by Gasteiger charge is 2.20. The minimum Gasteiger partial charge on any atom is -0.394 e. The maximum Gasteiger partial charge on any atom is 0.225 e. The number of carbonyl (C=O) groups is 1. The number of aliphatic hydroxyl groups is 1. The highest BCUT2D eigenvalue weighted by Crippen LogP contribution is 2.11. The molecule has 0 rings (SSSR count). The maximum atomic E-state index is 11.4. The lowest BCUT2D eigenvalue weighted by molar-refractivity contribution is -0.128. The van der Waals surface area contributed by atoms with Gasteiger partial charge >= 0.3 is 0 Å². The van der Waals surface area contributed by atoms with Gasteiger partial charge in [0.25, 0.3) is 0 Å². The molecule has 2 N–H and O–H groups in total. The Bertz CT molecular complexity index is 189. The van der Waals surface area contributed by atoms with Gasteiger partial charge in [-0.3, -0.25) is 4.79 Å². The van der Waals surface area contributed by atoms with Crippen molar-refractivity contribution in [2.45, 2.75) is 20.8 Å². The molecule has 0 aromatic heterocycles. The highest BCUT2D eigenvalue weighted by molar-refractivity contribution is 5.81. The number of carbonyl (C=O) groups excluding carboxylic acids is 1. The molecule has 0 aromatic carbocycles. The number of ether oxygens (including phenoxy) is 2. The van der Waals surface area contributed by atoms with Gasteiger partial charge in [0, 0.05) is 12.0 Å². The predicted molar refractivity (Wildman–Crippen MR) is 61.2 cm³/mol. The first kappa shape index (κ1) is 15.3. The first-order valence-electron chi connectivity index (χ1n) is 5.53. The molecular weight excluding hydrogens is 210 g/mol. The van der Waals surface area contributed by atoms with E-state index in [-0.39, 0.29) is 17.9 Å². The first-order valence-corrected chi connectivity index (χ1v) is 5.53. The van der Waals surface area contributed by atoms with Crippen molar-refractivity contribution in [3.63, 3.8) is 0 Å². The second-order valence-corrected chi connectivity index (χ2v) is 4.45. The van der Waals surface area contributed by atoms with Crippen molar-refractivity contribution in [2.24, 2.45) is 5.41 Å². The second kappa shape index (κ2) is 8.50. The Morgan fingerprint density at radius 2 is 1.69 bits per heavy atom. The van der Waals surface area contributed by atoms with Gasteiger partial charge in [-0.2, -0.15) is 0 Å². The van der Waals surface area contributed by atoms with Gasteiger partial charge in [-0.05, 0) is 0 Å². The predicted octanol–water partition coefficient (Wildman–Crippen LogP) is 0.174. The Morgan fingerprint density at radius 3 is 2.19 bits per heavy atom. The molecule has 0 aromatic rings. The lowest BCUT2D eigenvalue weighted by Gasteiger charge is -2.17. The van der Waals surface area contributed by atoms with Crippen LogP contribution in [0.2, 0.25) is 0 Å². The van der Waals surface area contributed by atoms with E-state index in [0.717, 1.165) is 0 Å². The lowest BCUT2D eigenvalue weighted by Crippen LogP contribution is -2.36. The van der Waals surface area contributed by atoms with Gasteiger partial charge in [0.05, 0.1) is 33.0 Å². The zero-order valence-corrected chi connectivity index (χ0v) is 10.4. The molecule has 0 saturated heterocycles. The molecule has 0 spiro atoms. The van der Waals surface area contributed by atoms with E-state index in [9.17, 15) is 4.79 Å². The monoisotopic (exact) mass is 233 g/mol. The number of hydrogen-bond acceptors (Lipinski definition) is 4. The smallest absolute Gasteiger partial charge is 0.225 e. The molecule has 0 atom stereocenters. The van der Waals surface area contributed by atoms with Crippen LogP contribution in [0.4, 0.5) is 0 Å². The van der Waals surface area contributed by atoms with Gasteiger partial charge < -0.3 is 19.9 Å². The fourth-order valence-corrected chi connectivity index (χ4v) is 0.888. The van der Waals surface area contributed by atoms with Crippen LogP contribution in [-0.4, -0.2) is 50.6 Å². The van der Waals surface area contributed by atoms with Crippen LogP contribution in [0.25, 0.3) is 0 Å². The van der Waals surface area contributed by atoms with Crippen molar-refractivity contribution in [3.05, 3.63) is 0 Å². The van der Waals surface area contributed by atoms with E-state index in [0.29, 0.717) is 33.0 Å². The molecule has 0 heterocycles. The molecule has 0 unspecified atom stereocenters. The number of hydrogen-bond donors (Lipinski definition) is 2. The van der Waals surface area contributed by atoms with E-state index in [1.54, 1.807) is 0 Å². The molecule has 0 bridgehead atoms. The Morgan fingerprint density at radius 1 is 1.12 bits per heavy atom. The Balaban J connectivity index is 3.25. The van der Waals surface area contributed by atoms with Crippen molar-refractivity contribution in [1.82, 2.24) is 5.32 Å². The van der Waals surface area contributed by atoms with E-state index in [2.05, 4.69) is 5.32 Å². The molecule has 5 heteroatoms. The van der Waals surface area contributed by atoms with E-state index in [1.807, 2.05) is 20.8 Å². The number of nitrogens with one attached hydrogen (secondary N) is 1. The zero-order valence-electron chi connectivity index (χ0n) is 10.4. The number of amides is 1. The molecule has 0 aliphatic rings. The first-order chi connectivity index (χ1) is 7.48. The Labute approximate surface area is 97.1 Å². The summed E-state index contributed by atoms with van der Waals surface area (Å²) in [4.78, 5) is 11.4. The minimum atomic E-state index is -0.357. The SMILES string of the molecule is CC(C)(C)C(=O)NCCOCCOCCO. The third kappa shape index (κ3) is 8.64. The average Bonchev–Trinajstić information content (AvgIpc) is 2.20. The van der Waals surface area contributed by atoms with Crippen LogP contribution in [0, 0.1) is 5.41 Å². The summed E-state index contributed by atoms with van der Waals surface area (Å²) in [5.41, 5.74) is -0.357. The third-order valence-electron chi connectivity index (χ3n) is 1.82. The molecule has 0 aliphatic heterocycles. The molecule has 96 valence electrons. The van der Waals surface area contributed by atoms with E-state index in [4.69, 9.17) is 14.6 Å². The second-order valence-electron chi connectivity index (χ2n) is 4.45. The van der Waals surface area contributed by atoms with Crippen molar-refractivity contribution < 1.29 is 19.4 Å². The van der Waals surface area contributed by atoms with Crippen molar-refractivity contribution in [1.29, 1.82) is 0 Å². The van der Waals surface area contributed by atoms with E-state index < -0.39 is 0 Å². The quantitative estimate of drug-likeness (QED) is 0.587. The summed E-state index contributed by atoms with van der Waals surface area (Å²) in [6.45, 7) is 7.90. The summed E-state index contributed by atoms with van der Waals surface area (Å²) in [7, 11) is 0.